The molecule has 1 amide bonds. The van der Waals surface area contributed by atoms with Crippen LogP contribution in [0.4, 0.5) is 0 Å². The number of carbonyl (C=O) groups excluding carboxylic acids is 1. The lowest BCUT2D eigenvalue weighted by atomic mass is 10.1. The van der Waals surface area contributed by atoms with Crippen LogP contribution in [-0.2, 0) is 6.42 Å². The summed E-state index contributed by atoms with van der Waals surface area (Å²) in [5, 5.41) is 0.925. The number of hydrogen-bond acceptors (Lipinski definition) is 4. The Kier molecular flexibility index (Phi) is 4.18. The van der Waals surface area contributed by atoms with Gasteiger partial charge in [-0.2, -0.15) is 0 Å². The third-order valence-electron chi connectivity index (χ3n) is 4.32. The number of nitrogens with one attached hydrogen (secondary N) is 2. The molecule has 4 rings (SSSR count). The lowest BCUT2D eigenvalue weighted by Crippen LogP contribution is -2.29. The highest BCUT2D eigenvalue weighted by Crippen LogP contribution is 2.25. The van der Waals surface area contributed by atoms with Crippen LogP contribution in [-0.4, -0.2) is 49.3 Å². The van der Waals surface area contributed by atoms with Gasteiger partial charge < -0.3 is 14.9 Å². The van der Waals surface area contributed by atoms with Crippen LogP contribution < -0.4 is 0 Å². The molecule has 7 heteroatoms. The number of rotatable bonds is 5. The minimum atomic E-state index is -0.0634. The van der Waals surface area contributed by atoms with Crippen molar-refractivity contribution in [3.05, 3.63) is 66.6 Å². The molecule has 130 valence electrons. The SMILES string of the molecule is CN(CCc1ccccn1)C(=O)c1cc(-c2ncnc3[nH]ccc23)c[nH]1. The van der Waals surface area contributed by atoms with Gasteiger partial charge in [0.2, 0.25) is 0 Å². The number of H-pyrrole nitrogens is 2. The maximum absolute atomic E-state index is 12.7. The van der Waals surface area contributed by atoms with Crippen molar-refractivity contribution in [1.29, 1.82) is 0 Å². The monoisotopic (exact) mass is 346 g/mol. The quantitative estimate of drug-likeness (QED) is 0.581. The number of carbonyl (C=O) groups is 1. The van der Waals surface area contributed by atoms with Crippen LogP contribution in [0.3, 0.4) is 0 Å². The van der Waals surface area contributed by atoms with E-state index in [0.717, 1.165) is 28.0 Å². The Labute approximate surface area is 150 Å². The minimum Gasteiger partial charge on any atom is -0.357 e. The third-order valence-corrected chi connectivity index (χ3v) is 4.32. The minimum absolute atomic E-state index is 0.0634. The molecule has 0 spiro atoms. The normalized spacial score (nSPS) is 11.0. The third kappa shape index (κ3) is 3.06. The van der Waals surface area contributed by atoms with Crippen LogP contribution in [0.15, 0.2) is 55.2 Å². The molecule has 7 nitrogen and oxygen atoms in total. The molecule has 0 aliphatic carbocycles. The molecular formula is C19H18N6O. The van der Waals surface area contributed by atoms with Gasteiger partial charge in [-0.1, -0.05) is 6.07 Å². The fraction of sp³-hybridized carbons (Fsp3) is 0.158. The average molecular weight is 346 g/mol. The molecule has 0 bridgehead atoms. The number of fused-ring (bicyclic) bond motifs is 1. The van der Waals surface area contributed by atoms with Gasteiger partial charge in [-0.3, -0.25) is 9.78 Å². The molecule has 0 aliphatic heterocycles. The number of hydrogen-bond donors (Lipinski definition) is 2. The first-order valence-electron chi connectivity index (χ1n) is 8.34. The molecule has 0 saturated heterocycles. The average Bonchev–Trinajstić information content (AvgIpc) is 3.35. The van der Waals surface area contributed by atoms with Gasteiger partial charge in [-0.05, 0) is 24.3 Å². The van der Waals surface area contributed by atoms with Gasteiger partial charge in [0.15, 0.2) is 0 Å². The summed E-state index contributed by atoms with van der Waals surface area (Å²) in [6.07, 6.45) is 7.62. The molecule has 0 atom stereocenters. The molecule has 2 N–H and O–H groups in total. The van der Waals surface area contributed by atoms with Crippen LogP contribution in [0.2, 0.25) is 0 Å². The zero-order valence-corrected chi connectivity index (χ0v) is 14.3. The number of aromatic nitrogens is 5. The molecule has 26 heavy (non-hydrogen) atoms. The molecule has 0 fully saturated rings. The summed E-state index contributed by atoms with van der Waals surface area (Å²) in [5.41, 5.74) is 3.93. The largest absolute Gasteiger partial charge is 0.357 e. The molecule has 0 unspecified atom stereocenters. The Morgan fingerprint density at radius 1 is 1.15 bits per heavy atom. The summed E-state index contributed by atoms with van der Waals surface area (Å²) in [5.74, 6) is -0.0634. The van der Waals surface area contributed by atoms with Crippen molar-refractivity contribution in [3.63, 3.8) is 0 Å². The van der Waals surface area contributed by atoms with Crippen molar-refractivity contribution in [2.45, 2.75) is 6.42 Å². The number of aromatic amines is 2. The number of pyridine rings is 1. The molecular weight excluding hydrogens is 328 g/mol. The Bertz CT molecular complexity index is 1040. The standard InChI is InChI=1S/C19H18N6O/c1-25(9-6-14-4-2-3-7-20-14)19(26)16-10-13(11-22-16)17-15-5-8-21-18(15)24-12-23-17/h2-5,7-8,10-12,22H,6,9H2,1H3,(H,21,23,24). The highest BCUT2D eigenvalue weighted by Gasteiger charge is 2.16. The summed E-state index contributed by atoms with van der Waals surface area (Å²) in [6, 6.07) is 9.55. The summed E-state index contributed by atoms with van der Waals surface area (Å²) in [4.78, 5) is 33.3. The second-order valence-electron chi connectivity index (χ2n) is 6.06. The second kappa shape index (κ2) is 6.79. The van der Waals surface area contributed by atoms with Crippen LogP contribution in [0.25, 0.3) is 22.3 Å². The van der Waals surface area contributed by atoms with Crippen molar-refractivity contribution >= 4 is 16.9 Å². The van der Waals surface area contributed by atoms with E-state index in [1.165, 1.54) is 6.33 Å². The van der Waals surface area contributed by atoms with Crippen molar-refractivity contribution in [2.24, 2.45) is 0 Å². The van der Waals surface area contributed by atoms with E-state index >= 15 is 0 Å². The predicted molar refractivity (Wildman–Crippen MR) is 98.6 cm³/mol. The van der Waals surface area contributed by atoms with Crippen LogP contribution in [0.1, 0.15) is 16.2 Å². The first-order chi connectivity index (χ1) is 12.7. The van der Waals surface area contributed by atoms with Crippen molar-refractivity contribution in [1.82, 2.24) is 29.8 Å². The number of nitrogens with zero attached hydrogens (tertiary/aromatic N) is 4. The van der Waals surface area contributed by atoms with Gasteiger partial charge in [0, 0.05) is 55.2 Å². The van der Waals surface area contributed by atoms with E-state index in [9.17, 15) is 4.79 Å². The molecule has 4 heterocycles. The van der Waals surface area contributed by atoms with Gasteiger partial charge in [0.05, 0.1) is 5.69 Å². The molecule has 0 aliphatic rings. The Morgan fingerprint density at radius 3 is 2.92 bits per heavy atom. The summed E-state index contributed by atoms with van der Waals surface area (Å²) < 4.78 is 0. The zero-order chi connectivity index (χ0) is 17.9. The Balaban J connectivity index is 1.50. The van der Waals surface area contributed by atoms with E-state index < -0.39 is 0 Å². The number of amides is 1. The molecule has 4 aromatic heterocycles. The molecule has 0 aromatic carbocycles. The maximum atomic E-state index is 12.7. The first kappa shape index (κ1) is 16.0. The summed E-state index contributed by atoms with van der Waals surface area (Å²) in [7, 11) is 1.79. The molecule has 4 aromatic rings. The van der Waals surface area contributed by atoms with Gasteiger partial charge in [-0.15, -0.1) is 0 Å². The fourth-order valence-corrected chi connectivity index (χ4v) is 2.89. The lowest BCUT2D eigenvalue weighted by molar-refractivity contribution is 0.0791. The van der Waals surface area contributed by atoms with Crippen molar-refractivity contribution in [3.8, 4) is 11.3 Å². The smallest absolute Gasteiger partial charge is 0.270 e. The fourth-order valence-electron chi connectivity index (χ4n) is 2.89. The Hall–Kier alpha value is -3.48. The van der Waals surface area contributed by atoms with E-state index in [1.807, 2.05) is 36.5 Å². The second-order valence-corrected chi connectivity index (χ2v) is 6.06. The van der Waals surface area contributed by atoms with Gasteiger partial charge in [0.25, 0.3) is 5.91 Å². The van der Waals surface area contributed by atoms with E-state index in [-0.39, 0.29) is 5.91 Å². The highest BCUT2D eigenvalue weighted by atomic mass is 16.2. The maximum Gasteiger partial charge on any atom is 0.270 e. The van der Waals surface area contributed by atoms with Crippen LogP contribution in [0, 0.1) is 0 Å². The van der Waals surface area contributed by atoms with E-state index in [0.29, 0.717) is 18.7 Å². The van der Waals surface area contributed by atoms with Crippen LogP contribution in [0.5, 0.6) is 0 Å². The van der Waals surface area contributed by atoms with Crippen molar-refractivity contribution < 1.29 is 4.79 Å². The highest BCUT2D eigenvalue weighted by molar-refractivity contribution is 5.96. The van der Waals surface area contributed by atoms with E-state index in [1.54, 1.807) is 24.3 Å². The summed E-state index contributed by atoms with van der Waals surface area (Å²) in [6.45, 7) is 0.597. The Morgan fingerprint density at radius 2 is 2.08 bits per heavy atom. The van der Waals surface area contributed by atoms with E-state index in [2.05, 4.69) is 24.9 Å². The molecule has 0 saturated carbocycles. The van der Waals surface area contributed by atoms with E-state index in [4.69, 9.17) is 0 Å². The summed E-state index contributed by atoms with van der Waals surface area (Å²) >= 11 is 0. The van der Waals surface area contributed by atoms with Crippen molar-refractivity contribution in [2.75, 3.05) is 13.6 Å². The number of likely N-dealkylation sites (N-methyl/N-ethyl adjacent to an activating group) is 1. The van der Waals surface area contributed by atoms with Gasteiger partial charge in [0.1, 0.15) is 17.7 Å². The predicted octanol–water partition coefficient (Wildman–Crippen LogP) is 2.66. The van der Waals surface area contributed by atoms with Gasteiger partial charge in [-0.25, -0.2) is 9.97 Å². The van der Waals surface area contributed by atoms with Gasteiger partial charge >= 0.3 is 0 Å². The van der Waals surface area contributed by atoms with Crippen LogP contribution >= 0.6 is 0 Å². The zero-order valence-electron chi connectivity index (χ0n) is 14.3. The lowest BCUT2D eigenvalue weighted by Gasteiger charge is -2.15. The molecule has 0 radical (unpaired) electrons. The topological polar surface area (TPSA) is 90.6 Å². The first-order valence-corrected chi connectivity index (χ1v) is 8.34.